The number of hydrogen-bond acceptors (Lipinski definition) is 5. The largest absolute Gasteiger partial charge is 0.385 e. The van der Waals surface area contributed by atoms with Gasteiger partial charge in [0.15, 0.2) is 9.84 Å². The molecule has 2 aromatic carbocycles. The van der Waals surface area contributed by atoms with Gasteiger partial charge in [-0.05, 0) is 87.4 Å². The molecule has 3 saturated heterocycles. The van der Waals surface area contributed by atoms with Crippen molar-refractivity contribution in [1.82, 2.24) is 15.5 Å². The van der Waals surface area contributed by atoms with Crippen molar-refractivity contribution in [2.75, 3.05) is 39.1 Å². The van der Waals surface area contributed by atoms with E-state index in [2.05, 4.69) is 22.5 Å². The van der Waals surface area contributed by atoms with Crippen LogP contribution in [0.5, 0.6) is 0 Å². The molecule has 2 amide bonds. The Morgan fingerprint density at radius 1 is 1.05 bits per heavy atom. The van der Waals surface area contributed by atoms with Gasteiger partial charge >= 0.3 is 6.03 Å². The van der Waals surface area contributed by atoms with Gasteiger partial charge in [0, 0.05) is 20.3 Å². The first-order valence-electron chi connectivity index (χ1n) is 13.8. The van der Waals surface area contributed by atoms with E-state index in [0.29, 0.717) is 23.8 Å². The first kappa shape index (κ1) is 28.6. The van der Waals surface area contributed by atoms with Crippen LogP contribution in [0.25, 0.3) is 11.1 Å². The van der Waals surface area contributed by atoms with Crippen molar-refractivity contribution in [3.63, 3.8) is 0 Å². The van der Waals surface area contributed by atoms with Crippen LogP contribution < -0.4 is 10.6 Å². The Hall–Kier alpha value is -2.42. The summed E-state index contributed by atoms with van der Waals surface area (Å²) in [6.45, 7) is 9.90. The zero-order chi connectivity index (χ0) is 27.4. The second-order valence-electron chi connectivity index (χ2n) is 11.4. The summed E-state index contributed by atoms with van der Waals surface area (Å²) >= 11 is 0. The van der Waals surface area contributed by atoms with Crippen LogP contribution in [0.2, 0.25) is 0 Å². The van der Waals surface area contributed by atoms with Crippen LogP contribution in [0.4, 0.5) is 4.79 Å². The summed E-state index contributed by atoms with van der Waals surface area (Å²) in [6.07, 6.45) is 4.85. The number of methoxy groups -OCH3 is 1. The number of nitrogens with one attached hydrogen (secondary N) is 2. The average molecular weight is 542 g/mol. The molecule has 38 heavy (non-hydrogen) atoms. The van der Waals surface area contributed by atoms with Crippen LogP contribution in [-0.4, -0.2) is 64.0 Å². The van der Waals surface area contributed by atoms with Gasteiger partial charge in [0.05, 0.1) is 21.7 Å². The SMILES string of the molecule is CCCC1(NC(=O)NC(C)(C)c2ccc(-c3ccc(S(=O)(=O)CCCOC)cc3)cc2)CN2CCC1CC2. The van der Waals surface area contributed by atoms with Crippen molar-refractivity contribution in [3.8, 4) is 11.1 Å². The van der Waals surface area contributed by atoms with E-state index < -0.39 is 15.4 Å². The molecule has 3 aliphatic heterocycles. The standard InChI is InChI=1S/C30H43N3O4S/c1-5-17-30(22-33-18-15-26(30)16-19-33)32-28(34)31-29(2,3)25-11-7-23(8-12-25)24-9-13-27(14-10-24)38(35,36)21-6-20-37-4/h7-14,26H,5-6,15-22H2,1-4H3,(H2,31,32,34). The van der Waals surface area contributed by atoms with Crippen LogP contribution in [0.15, 0.2) is 53.4 Å². The zero-order valence-electron chi connectivity index (χ0n) is 23.3. The van der Waals surface area contributed by atoms with E-state index in [-0.39, 0.29) is 17.3 Å². The third kappa shape index (κ3) is 6.41. The van der Waals surface area contributed by atoms with Crippen molar-refractivity contribution < 1.29 is 17.9 Å². The van der Waals surface area contributed by atoms with Crippen LogP contribution in [0.3, 0.4) is 0 Å². The number of carbonyl (C=O) groups is 1. The molecule has 2 bridgehead atoms. The Balaban J connectivity index is 1.41. The number of carbonyl (C=O) groups excluding carboxylic acids is 1. The number of nitrogens with zero attached hydrogens (tertiary/aromatic N) is 1. The number of piperidine rings is 3. The molecule has 3 aliphatic rings. The fourth-order valence-electron chi connectivity index (χ4n) is 6.16. The molecule has 7 nitrogen and oxygen atoms in total. The maximum atomic E-state index is 13.2. The highest BCUT2D eigenvalue weighted by molar-refractivity contribution is 7.91. The Morgan fingerprint density at radius 3 is 2.18 bits per heavy atom. The zero-order valence-corrected chi connectivity index (χ0v) is 24.1. The van der Waals surface area contributed by atoms with Crippen LogP contribution in [0, 0.1) is 5.92 Å². The van der Waals surface area contributed by atoms with Gasteiger partial charge in [-0.1, -0.05) is 49.7 Å². The summed E-state index contributed by atoms with van der Waals surface area (Å²) in [5, 5.41) is 6.64. The fraction of sp³-hybridized carbons (Fsp3) is 0.567. The predicted molar refractivity (Wildman–Crippen MR) is 152 cm³/mol. The van der Waals surface area contributed by atoms with Gasteiger partial charge < -0.3 is 20.3 Å². The molecule has 0 aromatic heterocycles. The lowest BCUT2D eigenvalue weighted by molar-refractivity contribution is 0.00685. The van der Waals surface area contributed by atoms with Crippen molar-refractivity contribution in [1.29, 1.82) is 0 Å². The summed E-state index contributed by atoms with van der Waals surface area (Å²) in [5.41, 5.74) is 2.25. The average Bonchev–Trinajstić information content (AvgIpc) is 2.89. The number of benzene rings is 2. The number of amides is 2. The fourth-order valence-corrected chi connectivity index (χ4v) is 7.45. The van der Waals surface area contributed by atoms with Gasteiger partial charge in [0.2, 0.25) is 0 Å². The van der Waals surface area contributed by atoms with Crippen molar-refractivity contribution in [2.45, 2.75) is 68.8 Å². The highest BCUT2D eigenvalue weighted by atomic mass is 32.2. The van der Waals surface area contributed by atoms with Gasteiger partial charge in [0.1, 0.15) is 0 Å². The summed E-state index contributed by atoms with van der Waals surface area (Å²) in [7, 11) is -1.75. The minimum absolute atomic E-state index is 0.0724. The molecule has 3 fully saturated rings. The Labute approximate surface area is 228 Å². The quantitative estimate of drug-likeness (QED) is 0.393. The van der Waals surface area contributed by atoms with Crippen molar-refractivity contribution >= 4 is 15.9 Å². The van der Waals surface area contributed by atoms with E-state index in [1.807, 2.05) is 50.2 Å². The van der Waals surface area contributed by atoms with E-state index >= 15 is 0 Å². The van der Waals surface area contributed by atoms with Gasteiger partial charge in [-0.25, -0.2) is 13.2 Å². The summed E-state index contributed by atoms with van der Waals surface area (Å²) in [6, 6.07) is 15.0. The molecule has 2 aromatic rings. The Bertz CT molecular complexity index is 1190. The lowest BCUT2D eigenvalue weighted by Crippen LogP contribution is -2.68. The summed E-state index contributed by atoms with van der Waals surface area (Å²) < 4.78 is 30.0. The number of hydrogen-bond donors (Lipinski definition) is 2. The highest BCUT2D eigenvalue weighted by Crippen LogP contribution is 2.38. The van der Waals surface area contributed by atoms with Crippen LogP contribution in [-0.2, 0) is 20.1 Å². The maximum Gasteiger partial charge on any atom is 0.315 e. The number of sulfone groups is 1. The van der Waals surface area contributed by atoms with Crippen molar-refractivity contribution in [3.05, 3.63) is 54.1 Å². The van der Waals surface area contributed by atoms with Gasteiger partial charge in [0.25, 0.3) is 0 Å². The molecule has 0 spiro atoms. The number of rotatable bonds is 11. The molecule has 0 radical (unpaired) electrons. The van der Waals surface area contributed by atoms with Gasteiger partial charge in [-0.15, -0.1) is 0 Å². The van der Waals surface area contributed by atoms with Crippen LogP contribution in [0.1, 0.15) is 58.4 Å². The van der Waals surface area contributed by atoms with Crippen molar-refractivity contribution in [2.24, 2.45) is 5.92 Å². The third-order valence-corrected chi connectivity index (χ3v) is 10.1. The maximum absolute atomic E-state index is 13.2. The number of fused-ring (bicyclic) bond motifs is 3. The summed E-state index contributed by atoms with van der Waals surface area (Å²) in [4.78, 5) is 16.1. The molecule has 1 atom stereocenters. The Kier molecular flexibility index (Phi) is 8.85. The van der Waals surface area contributed by atoms with E-state index in [1.54, 1.807) is 19.2 Å². The minimum atomic E-state index is -3.32. The number of ether oxygens (including phenoxy) is 1. The molecule has 1 unspecified atom stereocenters. The van der Waals surface area contributed by atoms with Crippen LogP contribution >= 0.6 is 0 Å². The lowest BCUT2D eigenvalue weighted by Gasteiger charge is -2.54. The molecule has 208 valence electrons. The summed E-state index contributed by atoms with van der Waals surface area (Å²) in [5.74, 6) is 0.621. The minimum Gasteiger partial charge on any atom is -0.385 e. The Morgan fingerprint density at radius 2 is 1.66 bits per heavy atom. The normalized spacial score (nSPS) is 23.3. The predicted octanol–water partition coefficient (Wildman–Crippen LogP) is 4.96. The molecular weight excluding hydrogens is 498 g/mol. The first-order valence-corrected chi connectivity index (χ1v) is 15.5. The molecule has 5 rings (SSSR count). The monoisotopic (exact) mass is 541 g/mol. The molecule has 8 heteroatoms. The number of urea groups is 1. The van der Waals surface area contributed by atoms with E-state index in [4.69, 9.17) is 4.74 Å². The molecule has 0 aliphatic carbocycles. The smallest absolute Gasteiger partial charge is 0.315 e. The van der Waals surface area contributed by atoms with E-state index in [9.17, 15) is 13.2 Å². The molecular formula is C30H43N3O4S. The second-order valence-corrected chi connectivity index (χ2v) is 13.5. The highest BCUT2D eigenvalue weighted by Gasteiger charge is 2.47. The lowest BCUT2D eigenvalue weighted by atomic mass is 9.70. The first-order chi connectivity index (χ1) is 18.1. The van der Waals surface area contributed by atoms with Gasteiger partial charge in [-0.2, -0.15) is 0 Å². The van der Waals surface area contributed by atoms with Gasteiger partial charge in [-0.3, -0.25) is 0 Å². The molecule has 2 N–H and O–H groups in total. The third-order valence-electron chi connectivity index (χ3n) is 8.27. The molecule has 3 heterocycles. The molecule has 0 saturated carbocycles. The van der Waals surface area contributed by atoms with E-state index in [0.717, 1.165) is 62.0 Å². The van der Waals surface area contributed by atoms with E-state index in [1.165, 1.54) is 0 Å². The second kappa shape index (κ2) is 11.8. The topological polar surface area (TPSA) is 87.7 Å².